The summed E-state index contributed by atoms with van der Waals surface area (Å²) in [6.07, 6.45) is 4.51. The van der Waals surface area contributed by atoms with Crippen molar-refractivity contribution in [1.82, 2.24) is 0 Å². The Morgan fingerprint density at radius 1 is 1.44 bits per heavy atom. The van der Waals surface area contributed by atoms with Crippen LogP contribution in [-0.4, -0.2) is 13.2 Å². The average molecular weight is 219 g/mol. The van der Waals surface area contributed by atoms with Crippen LogP contribution >= 0.6 is 0 Å². The zero-order valence-corrected chi connectivity index (χ0v) is 10.2. The summed E-state index contributed by atoms with van der Waals surface area (Å²) < 4.78 is 5.43. The fourth-order valence-electron chi connectivity index (χ4n) is 2.81. The van der Waals surface area contributed by atoms with Gasteiger partial charge in [0.15, 0.2) is 0 Å². The van der Waals surface area contributed by atoms with Crippen LogP contribution in [-0.2, 0) is 6.42 Å². The van der Waals surface area contributed by atoms with Crippen molar-refractivity contribution < 1.29 is 4.74 Å². The first-order valence-electron chi connectivity index (χ1n) is 6.19. The molecule has 0 saturated carbocycles. The summed E-state index contributed by atoms with van der Waals surface area (Å²) in [7, 11) is 1.75. The number of methoxy groups -OCH3 is 1. The zero-order chi connectivity index (χ0) is 11.5. The number of rotatable bonds is 3. The van der Waals surface area contributed by atoms with Crippen molar-refractivity contribution in [2.75, 3.05) is 7.11 Å². The van der Waals surface area contributed by atoms with Crippen LogP contribution in [0.1, 0.15) is 43.2 Å². The van der Waals surface area contributed by atoms with Gasteiger partial charge in [0.25, 0.3) is 0 Å². The van der Waals surface area contributed by atoms with E-state index in [2.05, 4.69) is 25.1 Å². The van der Waals surface area contributed by atoms with Gasteiger partial charge in [-0.2, -0.15) is 0 Å². The minimum absolute atomic E-state index is 0.319. The van der Waals surface area contributed by atoms with Crippen molar-refractivity contribution in [2.45, 2.75) is 44.6 Å². The van der Waals surface area contributed by atoms with E-state index in [1.54, 1.807) is 7.11 Å². The first-order chi connectivity index (χ1) is 7.77. The first kappa shape index (κ1) is 11.5. The van der Waals surface area contributed by atoms with E-state index < -0.39 is 0 Å². The molecule has 1 aliphatic rings. The predicted octanol–water partition coefficient (Wildman–Crippen LogP) is 2.85. The van der Waals surface area contributed by atoms with Crippen LogP contribution < -0.4 is 10.5 Å². The highest BCUT2D eigenvalue weighted by atomic mass is 16.5. The first-order valence-corrected chi connectivity index (χ1v) is 6.19. The Labute approximate surface area is 97.8 Å². The highest BCUT2D eigenvalue weighted by Gasteiger charge is 2.27. The Morgan fingerprint density at radius 2 is 2.25 bits per heavy atom. The van der Waals surface area contributed by atoms with E-state index in [-0.39, 0.29) is 0 Å². The molecule has 2 heteroatoms. The van der Waals surface area contributed by atoms with Gasteiger partial charge in [-0.05, 0) is 42.4 Å². The van der Waals surface area contributed by atoms with E-state index >= 15 is 0 Å². The molecule has 0 bridgehead atoms. The summed E-state index contributed by atoms with van der Waals surface area (Å²) in [6.45, 7) is 2.22. The largest absolute Gasteiger partial charge is 0.496 e. The van der Waals surface area contributed by atoms with E-state index in [0.29, 0.717) is 12.0 Å². The van der Waals surface area contributed by atoms with Crippen LogP contribution in [0.3, 0.4) is 0 Å². The Kier molecular flexibility index (Phi) is 3.49. The third-order valence-corrected chi connectivity index (χ3v) is 3.63. The third-order valence-electron chi connectivity index (χ3n) is 3.63. The number of nitrogens with two attached hydrogens (primary N) is 1. The Morgan fingerprint density at radius 3 is 2.94 bits per heavy atom. The van der Waals surface area contributed by atoms with Crippen LogP contribution in [0.2, 0.25) is 0 Å². The molecule has 2 N–H and O–H groups in total. The van der Waals surface area contributed by atoms with Gasteiger partial charge in [-0.25, -0.2) is 0 Å². The Hall–Kier alpha value is -1.02. The molecule has 0 heterocycles. The van der Waals surface area contributed by atoms with E-state index in [4.69, 9.17) is 10.5 Å². The molecule has 2 rings (SSSR count). The smallest absolute Gasteiger partial charge is 0.122 e. The zero-order valence-electron chi connectivity index (χ0n) is 10.2. The molecule has 2 unspecified atom stereocenters. The lowest BCUT2D eigenvalue weighted by molar-refractivity contribution is 0.391. The summed E-state index contributed by atoms with van der Waals surface area (Å²) in [5.41, 5.74) is 9.03. The Bertz CT molecular complexity index is 362. The van der Waals surface area contributed by atoms with Gasteiger partial charge < -0.3 is 10.5 Å². The van der Waals surface area contributed by atoms with Gasteiger partial charge in [0.05, 0.1) is 7.11 Å². The van der Waals surface area contributed by atoms with Crippen LogP contribution in [0.25, 0.3) is 0 Å². The molecule has 1 aromatic rings. The molecule has 2 atom stereocenters. The van der Waals surface area contributed by atoms with Crippen molar-refractivity contribution >= 4 is 0 Å². The van der Waals surface area contributed by atoms with Gasteiger partial charge in [0.1, 0.15) is 5.75 Å². The fourth-order valence-corrected chi connectivity index (χ4v) is 2.81. The molecular formula is C14H21NO. The van der Waals surface area contributed by atoms with E-state index in [1.165, 1.54) is 24.0 Å². The molecule has 0 aliphatic heterocycles. The monoisotopic (exact) mass is 219 g/mol. The molecule has 0 spiro atoms. The maximum atomic E-state index is 6.23. The maximum absolute atomic E-state index is 6.23. The second-order valence-corrected chi connectivity index (χ2v) is 4.63. The van der Waals surface area contributed by atoms with Crippen LogP contribution in [0.4, 0.5) is 0 Å². The van der Waals surface area contributed by atoms with Crippen molar-refractivity contribution in [3.8, 4) is 5.75 Å². The molecular weight excluding hydrogens is 198 g/mol. The van der Waals surface area contributed by atoms with E-state index in [0.717, 1.165) is 18.6 Å². The standard InChI is InChI=1S/C14H21NO/c1-3-5-11-10-6-4-7-14(16-2)12(10)8-9-13(11)15/h4,6-7,11,13H,3,5,8-9,15H2,1-2H3. The number of fused-ring (bicyclic) bond motifs is 1. The van der Waals surface area contributed by atoms with E-state index in [9.17, 15) is 0 Å². The van der Waals surface area contributed by atoms with Gasteiger partial charge in [-0.15, -0.1) is 0 Å². The highest BCUT2D eigenvalue weighted by Crippen LogP contribution is 2.38. The molecule has 16 heavy (non-hydrogen) atoms. The number of hydrogen-bond donors (Lipinski definition) is 1. The number of hydrogen-bond acceptors (Lipinski definition) is 2. The van der Waals surface area contributed by atoms with Crippen LogP contribution in [0.5, 0.6) is 5.75 Å². The lowest BCUT2D eigenvalue weighted by Gasteiger charge is -2.32. The molecule has 1 aliphatic carbocycles. The SMILES string of the molecule is CCCC1c2cccc(OC)c2CCC1N. The normalized spacial score (nSPS) is 23.9. The molecule has 88 valence electrons. The van der Waals surface area contributed by atoms with Crippen molar-refractivity contribution in [3.05, 3.63) is 29.3 Å². The summed E-state index contributed by atoms with van der Waals surface area (Å²) in [5, 5.41) is 0. The molecule has 1 aromatic carbocycles. The fraction of sp³-hybridized carbons (Fsp3) is 0.571. The summed E-state index contributed by atoms with van der Waals surface area (Å²) in [4.78, 5) is 0. The van der Waals surface area contributed by atoms with Gasteiger partial charge in [-0.3, -0.25) is 0 Å². The second kappa shape index (κ2) is 4.88. The van der Waals surface area contributed by atoms with Gasteiger partial charge in [-0.1, -0.05) is 25.5 Å². The minimum Gasteiger partial charge on any atom is -0.496 e. The van der Waals surface area contributed by atoms with Crippen LogP contribution in [0.15, 0.2) is 18.2 Å². The van der Waals surface area contributed by atoms with Crippen molar-refractivity contribution in [3.63, 3.8) is 0 Å². The van der Waals surface area contributed by atoms with Crippen LogP contribution in [0, 0.1) is 0 Å². The third kappa shape index (κ3) is 1.94. The van der Waals surface area contributed by atoms with Gasteiger partial charge in [0.2, 0.25) is 0 Å². The van der Waals surface area contributed by atoms with E-state index in [1.807, 2.05) is 0 Å². The topological polar surface area (TPSA) is 35.2 Å². The quantitative estimate of drug-likeness (QED) is 0.848. The lowest BCUT2D eigenvalue weighted by atomic mass is 9.77. The predicted molar refractivity (Wildman–Crippen MR) is 66.9 cm³/mol. The summed E-state index contributed by atoms with van der Waals surface area (Å²) in [6, 6.07) is 6.67. The highest BCUT2D eigenvalue weighted by molar-refractivity contribution is 5.44. The average Bonchev–Trinajstić information content (AvgIpc) is 2.32. The molecule has 2 nitrogen and oxygen atoms in total. The molecule has 0 aromatic heterocycles. The molecule has 0 saturated heterocycles. The van der Waals surface area contributed by atoms with Crippen molar-refractivity contribution in [1.29, 1.82) is 0 Å². The molecule has 0 amide bonds. The molecule has 0 fully saturated rings. The lowest BCUT2D eigenvalue weighted by Crippen LogP contribution is -2.33. The maximum Gasteiger partial charge on any atom is 0.122 e. The number of benzene rings is 1. The Balaban J connectivity index is 2.39. The minimum atomic E-state index is 0.319. The van der Waals surface area contributed by atoms with Gasteiger partial charge >= 0.3 is 0 Å². The molecule has 0 radical (unpaired) electrons. The van der Waals surface area contributed by atoms with Crippen molar-refractivity contribution in [2.24, 2.45) is 5.73 Å². The summed E-state index contributed by atoms with van der Waals surface area (Å²) >= 11 is 0. The second-order valence-electron chi connectivity index (χ2n) is 4.63. The number of ether oxygens (including phenoxy) is 1. The van der Waals surface area contributed by atoms with Gasteiger partial charge in [0, 0.05) is 6.04 Å². The summed E-state index contributed by atoms with van der Waals surface area (Å²) in [5.74, 6) is 1.55.